The molecule has 0 aromatic heterocycles. The predicted octanol–water partition coefficient (Wildman–Crippen LogP) is 5.49. The molecular formula is C23H21FO4. The van der Waals surface area contributed by atoms with Crippen LogP contribution in [0.5, 0.6) is 11.5 Å². The smallest absolute Gasteiger partial charge is 0.338 e. The number of rotatable bonds is 6. The van der Waals surface area contributed by atoms with Crippen LogP contribution in [0.25, 0.3) is 16.7 Å². The molecule has 0 N–H and O–H groups in total. The van der Waals surface area contributed by atoms with Crippen molar-refractivity contribution in [1.29, 1.82) is 0 Å². The van der Waals surface area contributed by atoms with Crippen LogP contribution in [0.15, 0.2) is 67.3 Å². The summed E-state index contributed by atoms with van der Waals surface area (Å²) in [7, 11) is 0. The Kier molecular flexibility index (Phi) is 6.31. The highest BCUT2D eigenvalue weighted by molar-refractivity contribution is 5.90. The minimum Gasteiger partial charge on any atom is -0.423 e. The molecule has 28 heavy (non-hydrogen) atoms. The maximum Gasteiger partial charge on any atom is 0.338 e. The van der Waals surface area contributed by atoms with Crippen molar-refractivity contribution >= 4 is 17.5 Å². The highest BCUT2D eigenvalue weighted by Gasteiger charge is 2.14. The molecule has 4 nitrogen and oxygen atoms in total. The fourth-order valence-electron chi connectivity index (χ4n) is 2.27. The maximum atomic E-state index is 14.4. The van der Waals surface area contributed by atoms with E-state index < -0.39 is 17.8 Å². The van der Waals surface area contributed by atoms with Gasteiger partial charge in [-0.15, -0.1) is 0 Å². The van der Waals surface area contributed by atoms with Crippen LogP contribution in [-0.2, 0) is 9.59 Å². The van der Waals surface area contributed by atoms with Crippen molar-refractivity contribution in [2.24, 2.45) is 0 Å². The van der Waals surface area contributed by atoms with Gasteiger partial charge >= 0.3 is 11.9 Å². The van der Waals surface area contributed by atoms with Crippen LogP contribution >= 0.6 is 0 Å². The van der Waals surface area contributed by atoms with Gasteiger partial charge in [0.15, 0.2) is 11.6 Å². The third-order valence-corrected chi connectivity index (χ3v) is 3.81. The number of esters is 2. The van der Waals surface area contributed by atoms with Gasteiger partial charge in [0.2, 0.25) is 0 Å². The molecule has 0 atom stereocenters. The number of halogens is 1. The number of benzene rings is 2. The Morgan fingerprint density at radius 1 is 0.786 bits per heavy atom. The zero-order valence-corrected chi connectivity index (χ0v) is 16.1. The van der Waals surface area contributed by atoms with Crippen LogP contribution < -0.4 is 9.47 Å². The average Bonchev–Trinajstić information content (AvgIpc) is 2.63. The first-order chi connectivity index (χ1) is 13.1. The van der Waals surface area contributed by atoms with Crippen molar-refractivity contribution < 1.29 is 23.5 Å². The van der Waals surface area contributed by atoms with Crippen LogP contribution in [0, 0.1) is 5.82 Å². The van der Waals surface area contributed by atoms with Crippen molar-refractivity contribution in [1.82, 2.24) is 0 Å². The first-order valence-corrected chi connectivity index (χ1v) is 8.45. The average molecular weight is 380 g/mol. The van der Waals surface area contributed by atoms with Crippen molar-refractivity contribution in [3.05, 3.63) is 78.7 Å². The summed E-state index contributed by atoms with van der Waals surface area (Å²) >= 11 is 0. The highest BCUT2D eigenvalue weighted by Crippen LogP contribution is 2.33. The Morgan fingerprint density at radius 3 is 1.71 bits per heavy atom. The van der Waals surface area contributed by atoms with Gasteiger partial charge in [-0.25, -0.2) is 14.0 Å². The molecule has 2 aromatic carbocycles. The van der Waals surface area contributed by atoms with E-state index in [4.69, 9.17) is 9.47 Å². The first kappa shape index (κ1) is 20.8. The Labute approximate surface area is 163 Å². The summed E-state index contributed by atoms with van der Waals surface area (Å²) < 4.78 is 24.6. The summed E-state index contributed by atoms with van der Waals surface area (Å²) in [5, 5.41) is 0. The summed E-state index contributed by atoms with van der Waals surface area (Å²) in [5.41, 5.74) is 3.00. The minimum absolute atomic E-state index is 0.175. The van der Waals surface area contributed by atoms with Gasteiger partial charge in [0.1, 0.15) is 5.75 Å². The molecule has 0 spiro atoms. The molecule has 0 saturated carbocycles. The summed E-state index contributed by atoms with van der Waals surface area (Å²) in [6.45, 7) is 15.7. The number of carbonyl (C=O) groups excluding carboxylic acids is 2. The summed E-state index contributed by atoms with van der Waals surface area (Å²) in [6.07, 6.45) is 0. The van der Waals surface area contributed by atoms with Gasteiger partial charge < -0.3 is 9.47 Å². The SMILES string of the molecule is C=C(C)C(=O)Oc1ccc(-c2ccc(OC(=O)C(=C)C)c(C(=C)C)c2)cc1F. The molecule has 2 rings (SSSR count). The van der Waals surface area contributed by atoms with E-state index in [2.05, 4.69) is 19.7 Å². The Morgan fingerprint density at radius 2 is 1.25 bits per heavy atom. The van der Waals surface area contributed by atoms with Crippen molar-refractivity contribution in [2.45, 2.75) is 20.8 Å². The lowest BCUT2D eigenvalue weighted by Gasteiger charge is -2.13. The van der Waals surface area contributed by atoms with Gasteiger partial charge in [0, 0.05) is 16.7 Å². The number of carbonyl (C=O) groups is 2. The van der Waals surface area contributed by atoms with Crippen molar-refractivity contribution in [3.63, 3.8) is 0 Å². The molecule has 0 aliphatic rings. The molecule has 144 valence electrons. The third-order valence-electron chi connectivity index (χ3n) is 3.81. The monoisotopic (exact) mass is 380 g/mol. The molecule has 0 radical (unpaired) electrons. The molecule has 0 heterocycles. The van der Waals surface area contributed by atoms with Gasteiger partial charge in [-0.05, 0) is 61.7 Å². The standard InChI is InChI=1S/C23H21FO4/c1-13(2)18-11-16(7-9-20(18)27-22(25)14(3)4)17-8-10-21(19(24)12-17)28-23(26)15(5)6/h7-12H,1,3,5H2,2,4,6H3. The molecule has 0 bridgehead atoms. The highest BCUT2D eigenvalue weighted by atomic mass is 19.1. The number of hydrogen-bond acceptors (Lipinski definition) is 4. The fourth-order valence-corrected chi connectivity index (χ4v) is 2.27. The zero-order valence-electron chi connectivity index (χ0n) is 16.1. The number of hydrogen-bond donors (Lipinski definition) is 0. The largest absolute Gasteiger partial charge is 0.423 e. The second-order valence-electron chi connectivity index (χ2n) is 6.48. The summed E-state index contributed by atoms with van der Waals surface area (Å²) in [6, 6.07) is 9.33. The van der Waals surface area contributed by atoms with Gasteiger partial charge in [-0.1, -0.05) is 31.9 Å². The molecule has 0 amide bonds. The van der Waals surface area contributed by atoms with E-state index in [1.165, 1.54) is 19.1 Å². The summed E-state index contributed by atoms with van der Waals surface area (Å²) in [5.74, 6) is -1.74. The third kappa shape index (κ3) is 4.82. The first-order valence-electron chi connectivity index (χ1n) is 8.45. The lowest BCUT2D eigenvalue weighted by Crippen LogP contribution is -2.09. The lowest BCUT2D eigenvalue weighted by molar-refractivity contribution is -0.131. The zero-order chi connectivity index (χ0) is 21.0. The van der Waals surface area contributed by atoms with E-state index in [9.17, 15) is 14.0 Å². The fraction of sp³-hybridized carbons (Fsp3) is 0.130. The molecule has 0 aliphatic heterocycles. The van der Waals surface area contributed by atoms with Gasteiger partial charge in [0.25, 0.3) is 0 Å². The van der Waals surface area contributed by atoms with E-state index in [-0.39, 0.29) is 16.9 Å². The Hall–Kier alpha value is -3.47. The number of allylic oxidation sites excluding steroid dienone is 1. The quantitative estimate of drug-likeness (QED) is 0.378. The molecule has 0 aliphatic carbocycles. The topological polar surface area (TPSA) is 52.6 Å². The molecule has 2 aromatic rings. The minimum atomic E-state index is -0.695. The van der Waals surface area contributed by atoms with Crippen molar-refractivity contribution in [2.75, 3.05) is 0 Å². The van der Waals surface area contributed by atoms with Gasteiger partial charge in [0.05, 0.1) is 0 Å². The molecule has 5 heteroatoms. The molecule has 0 saturated heterocycles. The van der Waals surface area contributed by atoms with Crippen LogP contribution in [-0.4, -0.2) is 11.9 Å². The van der Waals surface area contributed by atoms with Crippen LogP contribution in [0.3, 0.4) is 0 Å². The van der Waals surface area contributed by atoms with Crippen molar-refractivity contribution in [3.8, 4) is 22.6 Å². The Balaban J connectivity index is 2.38. The van der Waals surface area contributed by atoms with Gasteiger partial charge in [-0.2, -0.15) is 0 Å². The van der Waals surface area contributed by atoms with Crippen LogP contribution in [0.4, 0.5) is 4.39 Å². The summed E-state index contributed by atoms with van der Waals surface area (Å²) in [4.78, 5) is 23.4. The predicted molar refractivity (Wildman–Crippen MR) is 107 cm³/mol. The van der Waals surface area contributed by atoms with E-state index in [1.807, 2.05) is 0 Å². The van der Waals surface area contributed by atoms with E-state index in [1.54, 1.807) is 38.1 Å². The molecule has 0 unspecified atom stereocenters. The normalized spacial score (nSPS) is 10.1. The maximum absolute atomic E-state index is 14.4. The molecule has 0 fully saturated rings. The lowest BCUT2D eigenvalue weighted by atomic mass is 9.99. The van der Waals surface area contributed by atoms with Crippen LogP contribution in [0.1, 0.15) is 26.3 Å². The van der Waals surface area contributed by atoms with E-state index in [0.29, 0.717) is 28.0 Å². The van der Waals surface area contributed by atoms with Gasteiger partial charge in [-0.3, -0.25) is 0 Å². The molecular weight excluding hydrogens is 359 g/mol. The second-order valence-corrected chi connectivity index (χ2v) is 6.48. The van der Waals surface area contributed by atoms with E-state index >= 15 is 0 Å². The Bertz CT molecular complexity index is 1000. The second kappa shape index (κ2) is 8.48. The van der Waals surface area contributed by atoms with Crippen LogP contribution in [0.2, 0.25) is 0 Å². The number of ether oxygens (including phenoxy) is 2. The van der Waals surface area contributed by atoms with E-state index in [0.717, 1.165) is 0 Å².